The first-order valence-corrected chi connectivity index (χ1v) is 35.2. The third-order valence-electron chi connectivity index (χ3n) is 17.4. The number of benzene rings is 6. The number of methoxy groups -OCH3 is 1. The average Bonchev–Trinajstić information content (AvgIpc) is 1.62. The molecular weight excluding hydrogens is 1300 g/mol. The molecule has 5 heterocycles. The van der Waals surface area contributed by atoms with Gasteiger partial charge in [0, 0.05) is 134 Å². The summed E-state index contributed by atoms with van der Waals surface area (Å²) in [6.07, 6.45) is 7.27. The second-order valence-electron chi connectivity index (χ2n) is 24.2. The molecule has 0 spiro atoms. The molecule has 538 valence electrons. The molecule has 0 saturated carbocycles. The Morgan fingerprint density at radius 2 is 0.883 bits per heavy atom. The number of likely N-dealkylation sites (tertiary alicyclic amines) is 1. The highest BCUT2D eigenvalue weighted by Crippen LogP contribution is 2.40. The van der Waals surface area contributed by atoms with Gasteiger partial charge in [0.05, 0.1) is 103 Å². The van der Waals surface area contributed by atoms with E-state index in [0.29, 0.717) is 99.6 Å². The SMILES string of the molecule is CCOC(=O)Nc1cccc(-c2c(C#N)c3ccc(OCCCN(C)CCOC)cc3n2CC)c1.CCOC(=O)Nc1cccc(-c2c(C#N)c3ccc(OCCCN4CCCC4)cc3n2CC)c1.CCOC(=O)Nc1cccc(-c2c(C#N)c3ccc(OCCCn4ccnn4)cc3n2CC)c1. The van der Waals surface area contributed by atoms with Crippen molar-refractivity contribution in [3.63, 3.8) is 0 Å². The van der Waals surface area contributed by atoms with Gasteiger partial charge in [-0.1, -0.05) is 41.6 Å². The summed E-state index contributed by atoms with van der Waals surface area (Å²) in [5.74, 6) is 2.33. The van der Waals surface area contributed by atoms with Crippen molar-refractivity contribution in [2.45, 2.75) is 99.8 Å². The van der Waals surface area contributed by atoms with Crippen molar-refractivity contribution in [2.75, 3.05) is 109 Å². The number of amides is 3. The first-order chi connectivity index (χ1) is 50.3. The van der Waals surface area contributed by atoms with Crippen molar-refractivity contribution in [1.29, 1.82) is 15.8 Å². The molecule has 0 aliphatic carbocycles. The first-order valence-electron chi connectivity index (χ1n) is 35.2. The van der Waals surface area contributed by atoms with E-state index < -0.39 is 18.3 Å². The Kier molecular flexibility index (Phi) is 28.3. The molecule has 103 heavy (non-hydrogen) atoms. The van der Waals surface area contributed by atoms with E-state index in [4.69, 9.17) is 33.2 Å². The normalized spacial score (nSPS) is 11.8. The molecule has 11 rings (SSSR count). The molecule has 3 amide bonds. The molecule has 1 fully saturated rings. The third-order valence-corrected chi connectivity index (χ3v) is 17.4. The molecule has 0 bridgehead atoms. The second kappa shape index (κ2) is 38.4. The van der Waals surface area contributed by atoms with Crippen LogP contribution >= 0.6 is 0 Å². The Labute approximate surface area is 601 Å². The van der Waals surface area contributed by atoms with E-state index in [1.165, 1.54) is 25.9 Å². The fourth-order valence-electron chi connectivity index (χ4n) is 12.7. The van der Waals surface area contributed by atoms with Crippen LogP contribution in [0.25, 0.3) is 66.5 Å². The highest BCUT2D eigenvalue weighted by Gasteiger charge is 2.24. The quantitative estimate of drug-likeness (QED) is 0.0279. The van der Waals surface area contributed by atoms with Crippen LogP contribution in [0.5, 0.6) is 17.2 Å². The van der Waals surface area contributed by atoms with Gasteiger partial charge in [-0.25, -0.2) is 14.4 Å². The standard InChI is InChI=1S/C27H34N4O4.C27H32N4O3.C25H26N6O3/c1-5-31-25-18-22(35-15-8-13-30(3)14-16-33-4)11-12-23(25)24(19-28)26(31)20-9-7-10-21(17-20)29-27(32)34-6-2;1-3-31-25-18-22(34-16-8-15-30-13-5-6-14-30)11-12-23(25)24(19-28)26(31)20-9-7-10-21(17-20)29-27(32)33-4-2;1-3-31-23-16-20(34-14-6-12-30-13-11-27-29-30)9-10-21(23)22(17-26)24(31)18-7-5-8-19(15-18)28-25(32)33-4-2/h7,9-12,17-18H,5-6,8,13-16H2,1-4H3,(H,29,32);7,9-12,17-18H,3-6,8,13-16H2,1-2H3,(H,29,32);5,7-11,13,15-16H,3-4,6,12,14H2,1-2H3,(H,28,32). The molecule has 4 aromatic heterocycles. The van der Waals surface area contributed by atoms with Gasteiger partial charge in [-0.05, 0) is 160 Å². The van der Waals surface area contributed by atoms with E-state index in [9.17, 15) is 30.2 Å². The van der Waals surface area contributed by atoms with E-state index in [1.807, 2.05) is 129 Å². The number of ether oxygens (including phenoxy) is 7. The lowest BCUT2D eigenvalue weighted by Gasteiger charge is -2.16. The smallest absolute Gasteiger partial charge is 0.411 e. The summed E-state index contributed by atoms with van der Waals surface area (Å²) < 4.78 is 46.2. The zero-order chi connectivity index (χ0) is 73.0. The number of aromatic nitrogens is 6. The Balaban J connectivity index is 0.000000179. The number of rotatable bonds is 30. The van der Waals surface area contributed by atoms with Crippen molar-refractivity contribution in [3.8, 4) is 69.2 Å². The van der Waals surface area contributed by atoms with Crippen LogP contribution in [0.3, 0.4) is 0 Å². The van der Waals surface area contributed by atoms with Crippen molar-refractivity contribution < 1.29 is 47.5 Å². The van der Waals surface area contributed by atoms with Crippen LogP contribution < -0.4 is 30.2 Å². The van der Waals surface area contributed by atoms with Crippen LogP contribution in [-0.4, -0.2) is 150 Å². The van der Waals surface area contributed by atoms with Gasteiger partial charge in [-0.2, -0.15) is 15.8 Å². The monoisotopic (exact) mass is 1400 g/mol. The molecule has 24 heteroatoms. The predicted molar refractivity (Wildman–Crippen MR) is 401 cm³/mol. The lowest BCUT2D eigenvalue weighted by atomic mass is 10.1. The van der Waals surface area contributed by atoms with Gasteiger partial charge in [0.2, 0.25) is 0 Å². The van der Waals surface area contributed by atoms with E-state index in [-0.39, 0.29) is 0 Å². The van der Waals surface area contributed by atoms with Gasteiger partial charge in [0.15, 0.2) is 0 Å². The summed E-state index contributed by atoms with van der Waals surface area (Å²) in [5, 5.41) is 48.7. The molecule has 6 aromatic carbocycles. The van der Waals surface area contributed by atoms with Gasteiger partial charge in [-0.15, -0.1) is 5.10 Å². The Bertz CT molecular complexity index is 4610. The van der Waals surface area contributed by atoms with Crippen molar-refractivity contribution in [1.82, 2.24) is 38.5 Å². The number of carbonyl (C=O) groups is 3. The molecule has 0 atom stereocenters. The maximum absolute atomic E-state index is 11.9. The zero-order valence-electron chi connectivity index (χ0n) is 60.1. The van der Waals surface area contributed by atoms with E-state index in [2.05, 4.69) is 81.9 Å². The van der Waals surface area contributed by atoms with Gasteiger partial charge < -0.3 is 56.7 Å². The van der Waals surface area contributed by atoms with Crippen molar-refractivity contribution in [3.05, 3.63) is 156 Å². The summed E-state index contributed by atoms with van der Waals surface area (Å²) in [6, 6.07) is 47.1. The largest absolute Gasteiger partial charge is 0.493 e. The number of nitrogens with one attached hydrogen (secondary N) is 3. The average molecular weight is 1400 g/mol. The van der Waals surface area contributed by atoms with Gasteiger partial charge >= 0.3 is 18.3 Å². The van der Waals surface area contributed by atoms with E-state index >= 15 is 0 Å². The molecule has 1 aliphatic heterocycles. The summed E-state index contributed by atoms with van der Waals surface area (Å²) in [6.45, 7) is 22.9. The number of carbonyl (C=O) groups excluding carboxylic acids is 3. The van der Waals surface area contributed by atoms with Gasteiger partial charge in [0.25, 0.3) is 0 Å². The van der Waals surface area contributed by atoms with Crippen LogP contribution in [-0.2, 0) is 45.1 Å². The number of nitrogens with zero attached hydrogens (tertiary/aromatic N) is 11. The Morgan fingerprint density at radius 3 is 1.23 bits per heavy atom. The molecule has 24 nitrogen and oxygen atoms in total. The minimum atomic E-state index is -0.512. The van der Waals surface area contributed by atoms with Crippen LogP contribution in [0, 0.1) is 34.0 Å². The second-order valence-corrected chi connectivity index (χ2v) is 24.2. The van der Waals surface area contributed by atoms with Gasteiger partial charge in [0.1, 0.15) is 35.5 Å². The molecule has 0 unspecified atom stereocenters. The number of likely N-dealkylation sites (N-methyl/N-ethyl adjacent to an activating group) is 1. The van der Waals surface area contributed by atoms with Crippen LogP contribution in [0.2, 0.25) is 0 Å². The maximum atomic E-state index is 11.9. The van der Waals surface area contributed by atoms with Crippen molar-refractivity contribution in [2.24, 2.45) is 0 Å². The van der Waals surface area contributed by atoms with E-state index in [1.54, 1.807) is 57.0 Å². The topological polar surface area (TPSA) is 275 Å². The molecule has 1 saturated heterocycles. The summed E-state index contributed by atoms with van der Waals surface area (Å²) in [7, 11) is 3.78. The number of aryl methyl sites for hydroxylation is 4. The maximum Gasteiger partial charge on any atom is 0.411 e. The fourth-order valence-corrected chi connectivity index (χ4v) is 12.7. The molecule has 1 aliphatic rings. The summed E-state index contributed by atoms with van der Waals surface area (Å²) in [5.41, 5.74) is 11.4. The van der Waals surface area contributed by atoms with Crippen LogP contribution in [0.4, 0.5) is 31.4 Å². The minimum Gasteiger partial charge on any atom is -0.493 e. The molecule has 0 radical (unpaired) electrons. The van der Waals surface area contributed by atoms with Crippen molar-refractivity contribution >= 4 is 68.1 Å². The van der Waals surface area contributed by atoms with E-state index in [0.717, 1.165) is 129 Å². The number of anilines is 3. The predicted octanol–water partition coefficient (Wildman–Crippen LogP) is 15.6. The lowest BCUT2D eigenvalue weighted by molar-refractivity contribution is 0.157. The molecule has 10 aromatic rings. The molecular formula is C79H92N14O10. The number of nitriles is 3. The highest BCUT2D eigenvalue weighted by atomic mass is 16.6. The number of hydrogen-bond donors (Lipinski definition) is 3. The number of hydrogen-bond acceptors (Lipinski definition) is 17. The fraction of sp³-hybridized carbons (Fsp3) is 0.367. The number of fused-ring (bicyclic) bond motifs is 3. The highest BCUT2D eigenvalue weighted by molar-refractivity contribution is 5.99. The summed E-state index contributed by atoms with van der Waals surface area (Å²) >= 11 is 0. The zero-order valence-corrected chi connectivity index (χ0v) is 60.1. The third kappa shape index (κ3) is 19.8. The molecule has 3 N–H and O–H groups in total. The van der Waals surface area contributed by atoms with Gasteiger partial charge in [-0.3, -0.25) is 20.6 Å². The van der Waals surface area contributed by atoms with Crippen LogP contribution in [0.15, 0.2) is 140 Å². The Morgan fingerprint density at radius 1 is 0.495 bits per heavy atom. The first kappa shape index (κ1) is 75.8. The summed E-state index contributed by atoms with van der Waals surface area (Å²) in [4.78, 5) is 40.3. The minimum absolute atomic E-state index is 0.291. The Hall–Kier alpha value is -11.4. The van der Waals surface area contributed by atoms with Crippen LogP contribution in [0.1, 0.15) is 90.3 Å². The lowest BCUT2D eigenvalue weighted by Crippen LogP contribution is -2.25.